The Hall–Kier alpha value is -2.27. The maximum absolute atomic E-state index is 13.7. The van der Waals surface area contributed by atoms with E-state index >= 15 is 0 Å². The average Bonchev–Trinajstić information content (AvgIpc) is 3.15. The Bertz CT molecular complexity index is 862. The largest absolute Gasteiger partial charge is 0.352 e. The van der Waals surface area contributed by atoms with E-state index in [1.165, 1.54) is 18.6 Å². The van der Waals surface area contributed by atoms with Crippen molar-refractivity contribution in [3.63, 3.8) is 0 Å². The van der Waals surface area contributed by atoms with E-state index < -0.39 is 0 Å². The Morgan fingerprint density at radius 3 is 2.84 bits per heavy atom. The SMILES string of the molecule is CCCCCCNC(=O)c1cc(-c2cccs2)nc2ccc(F)cc12. The van der Waals surface area contributed by atoms with Gasteiger partial charge in [-0.05, 0) is 42.1 Å². The molecule has 25 heavy (non-hydrogen) atoms. The highest BCUT2D eigenvalue weighted by molar-refractivity contribution is 7.13. The molecule has 0 aliphatic heterocycles. The Morgan fingerprint density at radius 1 is 1.20 bits per heavy atom. The molecule has 2 heterocycles. The topological polar surface area (TPSA) is 42.0 Å². The molecule has 1 N–H and O–H groups in total. The Kier molecular flexibility index (Phi) is 5.76. The van der Waals surface area contributed by atoms with Crippen molar-refractivity contribution in [2.45, 2.75) is 32.6 Å². The number of hydrogen-bond acceptors (Lipinski definition) is 3. The van der Waals surface area contributed by atoms with E-state index in [1.807, 2.05) is 17.5 Å². The van der Waals surface area contributed by atoms with Gasteiger partial charge in [-0.15, -0.1) is 11.3 Å². The summed E-state index contributed by atoms with van der Waals surface area (Å²) in [7, 11) is 0. The molecule has 0 atom stereocenters. The second-order valence-electron chi connectivity index (χ2n) is 6.01. The predicted molar refractivity (Wildman–Crippen MR) is 101 cm³/mol. The van der Waals surface area contributed by atoms with Crippen LogP contribution in [0.4, 0.5) is 4.39 Å². The smallest absolute Gasteiger partial charge is 0.252 e. The van der Waals surface area contributed by atoms with Crippen LogP contribution in [0, 0.1) is 5.82 Å². The molecule has 0 aliphatic carbocycles. The lowest BCUT2D eigenvalue weighted by atomic mass is 10.1. The quantitative estimate of drug-likeness (QED) is 0.575. The number of carbonyl (C=O) groups excluding carboxylic acids is 1. The average molecular weight is 356 g/mol. The number of hydrogen-bond donors (Lipinski definition) is 1. The van der Waals surface area contributed by atoms with Crippen LogP contribution >= 0.6 is 11.3 Å². The molecule has 0 saturated heterocycles. The number of halogens is 1. The lowest BCUT2D eigenvalue weighted by molar-refractivity contribution is 0.0954. The molecule has 3 rings (SSSR count). The summed E-state index contributed by atoms with van der Waals surface area (Å²) in [4.78, 5) is 18.2. The summed E-state index contributed by atoms with van der Waals surface area (Å²) >= 11 is 1.57. The van der Waals surface area contributed by atoms with Crippen molar-refractivity contribution >= 4 is 28.1 Å². The molecule has 3 aromatic rings. The molecule has 0 saturated carbocycles. The highest BCUT2D eigenvalue weighted by Gasteiger charge is 2.15. The van der Waals surface area contributed by atoms with Gasteiger partial charge in [0.25, 0.3) is 5.91 Å². The van der Waals surface area contributed by atoms with E-state index in [9.17, 15) is 9.18 Å². The van der Waals surface area contributed by atoms with Crippen molar-refractivity contribution in [2.75, 3.05) is 6.54 Å². The maximum Gasteiger partial charge on any atom is 0.252 e. The highest BCUT2D eigenvalue weighted by atomic mass is 32.1. The number of thiophene rings is 1. The zero-order chi connectivity index (χ0) is 17.6. The fraction of sp³-hybridized carbons (Fsp3) is 0.300. The van der Waals surface area contributed by atoms with Gasteiger partial charge in [0.15, 0.2) is 0 Å². The molecular formula is C20H21FN2OS. The molecule has 0 fully saturated rings. The van der Waals surface area contributed by atoms with Crippen LogP contribution in [-0.2, 0) is 0 Å². The fourth-order valence-corrected chi connectivity index (χ4v) is 3.47. The first kappa shape index (κ1) is 17.5. The first-order valence-electron chi connectivity index (χ1n) is 8.61. The van der Waals surface area contributed by atoms with Gasteiger partial charge in [0.05, 0.1) is 21.7 Å². The van der Waals surface area contributed by atoms with E-state index in [1.54, 1.807) is 23.5 Å². The van der Waals surface area contributed by atoms with Crippen molar-refractivity contribution in [2.24, 2.45) is 0 Å². The molecule has 1 amide bonds. The van der Waals surface area contributed by atoms with Gasteiger partial charge in [0.1, 0.15) is 5.82 Å². The minimum Gasteiger partial charge on any atom is -0.352 e. The van der Waals surface area contributed by atoms with Gasteiger partial charge in [-0.2, -0.15) is 0 Å². The zero-order valence-corrected chi connectivity index (χ0v) is 15.0. The Labute approximate surface area is 150 Å². The minimum atomic E-state index is -0.366. The number of rotatable bonds is 7. The lowest BCUT2D eigenvalue weighted by Gasteiger charge is -2.10. The van der Waals surface area contributed by atoms with Crippen LogP contribution in [0.2, 0.25) is 0 Å². The first-order valence-corrected chi connectivity index (χ1v) is 9.49. The van der Waals surface area contributed by atoms with E-state index in [-0.39, 0.29) is 11.7 Å². The van der Waals surface area contributed by atoms with Gasteiger partial charge in [-0.3, -0.25) is 4.79 Å². The van der Waals surface area contributed by atoms with Crippen molar-refractivity contribution in [1.82, 2.24) is 10.3 Å². The number of nitrogens with zero attached hydrogens (tertiary/aromatic N) is 1. The molecule has 0 radical (unpaired) electrons. The summed E-state index contributed by atoms with van der Waals surface area (Å²) < 4.78 is 13.7. The van der Waals surface area contributed by atoms with E-state index in [0.717, 1.165) is 29.8 Å². The molecule has 0 aliphatic rings. The number of benzene rings is 1. The van der Waals surface area contributed by atoms with Crippen LogP contribution < -0.4 is 5.32 Å². The second kappa shape index (κ2) is 8.21. The molecule has 3 nitrogen and oxygen atoms in total. The molecule has 5 heteroatoms. The molecule has 0 bridgehead atoms. The summed E-state index contributed by atoms with van der Waals surface area (Å²) in [5, 5.41) is 5.48. The third-order valence-electron chi connectivity index (χ3n) is 4.10. The van der Waals surface area contributed by atoms with Crippen molar-refractivity contribution in [3.05, 3.63) is 53.2 Å². The van der Waals surface area contributed by atoms with Crippen LogP contribution in [0.15, 0.2) is 41.8 Å². The number of carbonyl (C=O) groups is 1. The summed E-state index contributed by atoms with van der Waals surface area (Å²) in [5.74, 6) is -0.539. The summed E-state index contributed by atoms with van der Waals surface area (Å²) in [6.45, 7) is 2.79. The van der Waals surface area contributed by atoms with Crippen LogP contribution in [0.5, 0.6) is 0 Å². The standard InChI is InChI=1S/C20H21FN2OS/c1-2-3-4-5-10-22-20(24)16-13-18(19-7-6-11-25-19)23-17-9-8-14(21)12-15(16)17/h6-9,11-13H,2-5,10H2,1H3,(H,22,24). The number of pyridine rings is 1. The monoisotopic (exact) mass is 356 g/mol. The number of fused-ring (bicyclic) bond motifs is 1. The Morgan fingerprint density at radius 2 is 2.08 bits per heavy atom. The van der Waals surface area contributed by atoms with Crippen molar-refractivity contribution < 1.29 is 9.18 Å². The Balaban J connectivity index is 1.91. The van der Waals surface area contributed by atoms with Crippen LogP contribution in [-0.4, -0.2) is 17.4 Å². The summed E-state index contributed by atoms with van der Waals surface area (Å²) in [6, 6.07) is 10.1. The third-order valence-corrected chi connectivity index (χ3v) is 5.00. The van der Waals surface area contributed by atoms with Gasteiger partial charge in [-0.1, -0.05) is 32.3 Å². The van der Waals surface area contributed by atoms with Crippen LogP contribution in [0.3, 0.4) is 0 Å². The summed E-state index contributed by atoms with van der Waals surface area (Å²) in [6.07, 6.45) is 4.38. The van der Waals surface area contributed by atoms with Crippen LogP contribution in [0.1, 0.15) is 43.0 Å². The van der Waals surface area contributed by atoms with Crippen molar-refractivity contribution in [1.29, 1.82) is 0 Å². The van der Waals surface area contributed by atoms with E-state index in [0.29, 0.717) is 23.0 Å². The molecule has 1 aromatic carbocycles. The molecule has 0 spiro atoms. The number of amides is 1. The summed E-state index contributed by atoms with van der Waals surface area (Å²) in [5.41, 5.74) is 1.84. The first-order chi connectivity index (χ1) is 12.2. The highest BCUT2D eigenvalue weighted by Crippen LogP contribution is 2.28. The predicted octanol–water partition coefficient (Wildman–Crippen LogP) is 5.41. The fourth-order valence-electron chi connectivity index (χ4n) is 2.79. The van der Waals surface area contributed by atoms with Gasteiger partial charge in [0.2, 0.25) is 0 Å². The van der Waals surface area contributed by atoms with E-state index in [2.05, 4.69) is 17.2 Å². The van der Waals surface area contributed by atoms with Gasteiger partial charge in [-0.25, -0.2) is 9.37 Å². The number of unbranched alkanes of at least 4 members (excludes halogenated alkanes) is 3. The number of nitrogens with one attached hydrogen (secondary N) is 1. The second-order valence-corrected chi connectivity index (χ2v) is 6.96. The molecule has 0 unspecified atom stereocenters. The van der Waals surface area contributed by atoms with Gasteiger partial charge < -0.3 is 5.32 Å². The molecule has 130 valence electrons. The van der Waals surface area contributed by atoms with Crippen LogP contribution in [0.25, 0.3) is 21.5 Å². The van der Waals surface area contributed by atoms with Gasteiger partial charge in [0, 0.05) is 11.9 Å². The normalized spacial score (nSPS) is 11.0. The number of aromatic nitrogens is 1. The third kappa shape index (κ3) is 4.23. The molecule has 2 aromatic heterocycles. The van der Waals surface area contributed by atoms with Crippen molar-refractivity contribution in [3.8, 4) is 10.6 Å². The molecular weight excluding hydrogens is 335 g/mol. The van der Waals surface area contributed by atoms with Gasteiger partial charge >= 0.3 is 0 Å². The zero-order valence-electron chi connectivity index (χ0n) is 14.2. The lowest BCUT2D eigenvalue weighted by Crippen LogP contribution is -2.24. The maximum atomic E-state index is 13.7. The van der Waals surface area contributed by atoms with E-state index in [4.69, 9.17) is 0 Å². The minimum absolute atomic E-state index is 0.174.